The topological polar surface area (TPSA) is 24.1 Å². The SMILES string of the molecule is S=C(Nc1ccc(Cl)cc1)N[C@@H]1CCCC[C@H]1P(c1ccccc1)c1ccccc1. The first-order chi connectivity index (χ1) is 14.7. The van der Waals surface area contributed by atoms with E-state index < -0.39 is 7.92 Å². The maximum atomic E-state index is 6.00. The lowest BCUT2D eigenvalue weighted by atomic mass is 9.95. The third-order valence-electron chi connectivity index (χ3n) is 5.55. The molecule has 0 saturated heterocycles. The Morgan fingerprint density at radius 1 is 0.800 bits per heavy atom. The molecule has 2 atom stereocenters. The predicted octanol–water partition coefficient (Wildman–Crippen LogP) is 6.07. The minimum absolute atomic E-state index is 0.359. The van der Waals surface area contributed by atoms with Crippen LogP contribution in [0.15, 0.2) is 84.9 Å². The number of anilines is 1. The Bertz CT molecular complexity index is 910. The Balaban J connectivity index is 1.56. The normalized spacial score (nSPS) is 18.7. The van der Waals surface area contributed by atoms with Gasteiger partial charge in [-0.15, -0.1) is 0 Å². The van der Waals surface area contributed by atoms with Gasteiger partial charge < -0.3 is 10.6 Å². The van der Waals surface area contributed by atoms with Crippen molar-refractivity contribution in [2.24, 2.45) is 0 Å². The standard InChI is InChI=1S/C25H26ClN2PS/c26-19-15-17-20(18-16-19)27-25(30)28-23-13-7-8-14-24(23)29(21-9-3-1-4-10-21)22-11-5-2-6-12-22/h1-6,9-12,15-18,23-24H,7-8,13-14H2,(H2,27,28,30)/t23-,24-/m1/s1. The molecule has 2 N–H and O–H groups in total. The maximum absolute atomic E-state index is 6.00. The number of benzene rings is 3. The molecule has 0 amide bonds. The summed E-state index contributed by atoms with van der Waals surface area (Å²) in [6, 6.07) is 30.0. The lowest BCUT2D eigenvalue weighted by Crippen LogP contribution is -2.47. The van der Waals surface area contributed by atoms with Crippen molar-refractivity contribution in [1.29, 1.82) is 0 Å². The molecule has 0 aromatic heterocycles. The fraction of sp³-hybridized carbons (Fsp3) is 0.240. The van der Waals surface area contributed by atoms with Gasteiger partial charge in [-0.3, -0.25) is 0 Å². The van der Waals surface area contributed by atoms with Gasteiger partial charge in [-0.05, 0) is 67.9 Å². The van der Waals surface area contributed by atoms with Crippen molar-refractivity contribution in [3.05, 3.63) is 90.0 Å². The molecule has 1 aliphatic rings. The van der Waals surface area contributed by atoms with Crippen LogP contribution in [0, 0.1) is 0 Å². The Morgan fingerprint density at radius 2 is 1.37 bits per heavy atom. The molecule has 0 heterocycles. The third kappa shape index (κ3) is 5.40. The number of hydrogen-bond donors (Lipinski definition) is 2. The van der Waals surface area contributed by atoms with E-state index in [2.05, 4.69) is 71.3 Å². The lowest BCUT2D eigenvalue weighted by Gasteiger charge is -2.39. The molecule has 0 unspecified atom stereocenters. The highest BCUT2D eigenvalue weighted by atomic mass is 35.5. The van der Waals surface area contributed by atoms with E-state index in [1.807, 2.05) is 24.3 Å². The van der Waals surface area contributed by atoms with Crippen LogP contribution >= 0.6 is 31.7 Å². The molecule has 3 aromatic rings. The highest BCUT2D eigenvalue weighted by Gasteiger charge is 2.34. The van der Waals surface area contributed by atoms with Gasteiger partial charge in [0.25, 0.3) is 0 Å². The predicted molar refractivity (Wildman–Crippen MR) is 136 cm³/mol. The van der Waals surface area contributed by atoms with E-state index in [0.29, 0.717) is 16.8 Å². The molecular formula is C25H26ClN2PS. The molecule has 0 spiro atoms. The third-order valence-corrected chi connectivity index (χ3v) is 9.01. The molecular weight excluding hydrogens is 427 g/mol. The zero-order chi connectivity index (χ0) is 20.8. The van der Waals surface area contributed by atoms with Crippen LogP contribution in [0.2, 0.25) is 5.02 Å². The van der Waals surface area contributed by atoms with E-state index in [1.165, 1.54) is 29.9 Å². The molecule has 154 valence electrons. The summed E-state index contributed by atoms with van der Waals surface area (Å²) in [5.74, 6) is 0. The lowest BCUT2D eigenvalue weighted by molar-refractivity contribution is 0.423. The molecule has 0 bridgehead atoms. The van der Waals surface area contributed by atoms with Crippen molar-refractivity contribution in [3.8, 4) is 0 Å². The van der Waals surface area contributed by atoms with Crippen molar-refractivity contribution >= 4 is 53.1 Å². The van der Waals surface area contributed by atoms with Gasteiger partial charge >= 0.3 is 0 Å². The van der Waals surface area contributed by atoms with E-state index in [9.17, 15) is 0 Å². The van der Waals surface area contributed by atoms with Crippen molar-refractivity contribution in [1.82, 2.24) is 5.32 Å². The summed E-state index contributed by atoms with van der Waals surface area (Å²) in [5.41, 5.74) is 1.50. The quantitative estimate of drug-likeness (QED) is 0.363. The van der Waals surface area contributed by atoms with Gasteiger partial charge in [0.15, 0.2) is 5.11 Å². The van der Waals surface area contributed by atoms with Crippen LogP contribution in [0.5, 0.6) is 0 Å². The molecule has 1 fully saturated rings. The van der Waals surface area contributed by atoms with Crippen LogP contribution in [0.3, 0.4) is 0 Å². The summed E-state index contributed by atoms with van der Waals surface area (Å²) in [6.07, 6.45) is 4.88. The molecule has 0 aliphatic heterocycles. The monoisotopic (exact) mass is 452 g/mol. The average molecular weight is 453 g/mol. The minimum atomic E-state index is -0.470. The van der Waals surface area contributed by atoms with Gasteiger partial charge in [-0.1, -0.05) is 85.1 Å². The van der Waals surface area contributed by atoms with Crippen molar-refractivity contribution in [2.45, 2.75) is 37.4 Å². The first-order valence-electron chi connectivity index (χ1n) is 10.4. The highest BCUT2D eigenvalue weighted by Crippen LogP contribution is 2.46. The van der Waals surface area contributed by atoms with Gasteiger partial charge in [0.2, 0.25) is 0 Å². The summed E-state index contributed by atoms with van der Waals surface area (Å²) in [5, 5.41) is 11.3. The van der Waals surface area contributed by atoms with Gasteiger partial charge in [0.1, 0.15) is 0 Å². The highest BCUT2D eigenvalue weighted by molar-refractivity contribution is 7.80. The van der Waals surface area contributed by atoms with Crippen LogP contribution in [0.4, 0.5) is 5.69 Å². The minimum Gasteiger partial charge on any atom is -0.359 e. The second kappa shape index (κ2) is 10.4. The number of hydrogen-bond acceptors (Lipinski definition) is 1. The molecule has 1 aliphatic carbocycles. The van der Waals surface area contributed by atoms with E-state index in [-0.39, 0.29) is 0 Å². The van der Waals surface area contributed by atoms with Crippen LogP contribution < -0.4 is 21.2 Å². The Kier molecular flexibility index (Phi) is 7.38. The molecule has 5 heteroatoms. The second-order valence-electron chi connectivity index (χ2n) is 7.60. The number of halogens is 1. The molecule has 0 radical (unpaired) electrons. The Morgan fingerprint density at radius 3 is 1.97 bits per heavy atom. The van der Waals surface area contributed by atoms with E-state index in [1.54, 1.807) is 0 Å². The first-order valence-corrected chi connectivity index (χ1v) is 12.6. The zero-order valence-corrected chi connectivity index (χ0v) is 19.3. The Labute approximate surface area is 190 Å². The van der Waals surface area contributed by atoms with Crippen LogP contribution in [0.25, 0.3) is 0 Å². The smallest absolute Gasteiger partial charge is 0.171 e. The van der Waals surface area contributed by atoms with Gasteiger partial charge in [0.05, 0.1) is 0 Å². The zero-order valence-electron chi connectivity index (χ0n) is 16.8. The molecule has 1 saturated carbocycles. The summed E-state index contributed by atoms with van der Waals surface area (Å²) in [4.78, 5) is 0. The fourth-order valence-electron chi connectivity index (χ4n) is 4.17. The first kappa shape index (κ1) is 21.3. The van der Waals surface area contributed by atoms with Crippen LogP contribution in [0.1, 0.15) is 25.7 Å². The number of thiocarbonyl (C=S) groups is 1. The average Bonchev–Trinajstić information content (AvgIpc) is 2.78. The maximum Gasteiger partial charge on any atom is 0.171 e. The largest absolute Gasteiger partial charge is 0.359 e. The molecule has 4 rings (SSSR count). The molecule has 2 nitrogen and oxygen atoms in total. The van der Waals surface area contributed by atoms with E-state index >= 15 is 0 Å². The van der Waals surface area contributed by atoms with Crippen LogP contribution in [-0.4, -0.2) is 16.8 Å². The summed E-state index contributed by atoms with van der Waals surface area (Å²) >= 11 is 11.7. The summed E-state index contributed by atoms with van der Waals surface area (Å²) in [7, 11) is -0.470. The van der Waals surface area contributed by atoms with Crippen molar-refractivity contribution < 1.29 is 0 Å². The van der Waals surface area contributed by atoms with Crippen molar-refractivity contribution in [2.75, 3.05) is 5.32 Å². The molecule has 3 aromatic carbocycles. The van der Waals surface area contributed by atoms with Gasteiger partial charge in [0, 0.05) is 22.4 Å². The van der Waals surface area contributed by atoms with Gasteiger partial charge in [-0.25, -0.2) is 0 Å². The van der Waals surface area contributed by atoms with Crippen molar-refractivity contribution in [3.63, 3.8) is 0 Å². The molecule has 30 heavy (non-hydrogen) atoms. The number of nitrogens with one attached hydrogen (secondary N) is 2. The summed E-state index contributed by atoms with van der Waals surface area (Å²) < 4.78 is 0. The second-order valence-corrected chi connectivity index (χ2v) is 10.9. The van der Waals surface area contributed by atoms with E-state index in [0.717, 1.165) is 17.1 Å². The van der Waals surface area contributed by atoms with E-state index in [4.69, 9.17) is 23.8 Å². The van der Waals surface area contributed by atoms with Crippen LogP contribution in [-0.2, 0) is 0 Å². The Hall–Kier alpha value is -1.93. The fourth-order valence-corrected chi connectivity index (χ4v) is 7.64. The number of rotatable bonds is 5. The van der Waals surface area contributed by atoms with Gasteiger partial charge in [-0.2, -0.15) is 0 Å². The summed E-state index contributed by atoms with van der Waals surface area (Å²) in [6.45, 7) is 0.